The highest BCUT2D eigenvalue weighted by atomic mass is 16.9. The van der Waals surface area contributed by atoms with Crippen LogP contribution in [0.15, 0.2) is 66.7 Å². The van der Waals surface area contributed by atoms with E-state index in [9.17, 15) is 5.26 Å². The van der Waals surface area contributed by atoms with Crippen molar-refractivity contribution in [3.8, 4) is 11.8 Å². The predicted molar refractivity (Wildman–Crippen MR) is 111 cm³/mol. The van der Waals surface area contributed by atoms with E-state index in [0.29, 0.717) is 5.75 Å². The molecular weight excluding hydrogens is 364 g/mol. The number of fused-ring (bicyclic) bond motifs is 3. The van der Waals surface area contributed by atoms with Crippen LogP contribution in [-0.2, 0) is 9.47 Å². The second-order valence-corrected chi connectivity index (χ2v) is 7.05. The van der Waals surface area contributed by atoms with Crippen LogP contribution in [0.3, 0.4) is 0 Å². The normalized spacial score (nSPS) is 22.5. The predicted octanol–water partition coefficient (Wildman–Crippen LogP) is 4.31. The van der Waals surface area contributed by atoms with Crippen molar-refractivity contribution in [2.75, 3.05) is 13.2 Å². The zero-order chi connectivity index (χ0) is 20.5. The molecule has 148 valence electrons. The Balaban J connectivity index is 2.07. The molecule has 1 aliphatic heterocycles. The lowest BCUT2D eigenvalue weighted by Gasteiger charge is -2.49. The Hall–Kier alpha value is -2.91. The summed E-state index contributed by atoms with van der Waals surface area (Å²) in [7, 11) is 0. The molecule has 3 aromatic carbocycles. The van der Waals surface area contributed by atoms with Crippen molar-refractivity contribution in [3.63, 3.8) is 0 Å². The molecule has 0 amide bonds. The molecule has 5 nitrogen and oxygen atoms in total. The number of nitriles is 1. The second-order valence-electron chi connectivity index (χ2n) is 7.05. The Kier molecular flexibility index (Phi) is 5.01. The summed E-state index contributed by atoms with van der Waals surface area (Å²) in [6, 6.07) is 24.0. The molecule has 5 heteroatoms. The molecule has 0 radical (unpaired) electrons. The van der Waals surface area contributed by atoms with Gasteiger partial charge >= 0.3 is 5.97 Å². The molecule has 2 atom stereocenters. The summed E-state index contributed by atoms with van der Waals surface area (Å²) < 4.78 is 18.3. The minimum Gasteiger partial charge on any atom is -0.436 e. The molecule has 1 aliphatic rings. The van der Waals surface area contributed by atoms with Crippen LogP contribution in [0, 0.1) is 11.3 Å². The minimum atomic E-state index is -1.73. The standard InChI is InChI=1S/C24H24N2O3/c1-3-27-24(28-4-2)23(26,16-25)21(18-11-6-5-7-12-18)20-15-14-17-10-8-9-13-19(17)22(20)29-24/h5-15,21H,3-4,26H2,1-2H3/t21-,23-/m0/s1. The summed E-state index contributed by atoms with van der Waals surface area (Å²) in [5, 5.41) is 12.2. The van der Waals surface area contributed by atoms with Gasteiger partial charge in [-0.2, -0.15) is 5.26 Å². The number of nitrogens with two attached hydrogens (primary N) is 1. The van der Waals surface area contributed by atoms with E-state index in [2.05, 4.69) is 6.07 Å². The quantitative estimate of drug-likeness (QED) is 0.659. The van der Waals surface area contributed by atoms with Crippen molar-refractivity contribution in [1.29, 1.82) is 5.26 Å². The molecule has 0 unspecified atom stereocenters. The third-order valence-electron chi connectivity index (χ3n) is 5.41. The molecular formula is C24H24N2O3. The first-order valence-corrected chi connectivity index (χ1v) is 9.84. The highest BCUT2D eigenvalue weighted by Gasteiger charge is 2.64. The van der Waals surface area contributed by atoms with Crippen LogP contribution in [0.1, 0.15) is 30.9 Å². The lowest BCUT2D eigenvalue weighted by molar-refractivity contribution is -0.369. The summed E-state index contributed by atoms with van der Waals surface area (Å²) in [6.07, 6.45) is 0. The van der Waals surface area contributed by atoms with Gasteiger partial charge in [0, 0.05) is 10.9 Å². The maximum Gasteiger partial charge on any atom is 0.361 e. The molecule has 4 rings (SSSR count). The summed E-state index contributed by atoms with van der Waals surface area (Å²) in [5.74, 6) is -1.60. The van der Waals surface area contributed by atoms with Crippen molar-refractivity contribution < 1.29 is 14.2 Å². The Labute approximate surface area is 170 Å². The van der Waals surface area contributed by atoms with E-state index >= 15 is 0 Å². The number of nitrogens with zero attached hydrogens (tertiary/aromatic N) is 1. The van der Waals surface area contributed by atoms with Gasteiger partial charge in [-0.05, 0) is 24.8 Å². The Bertz CT molecular complexity index is 1050. The molecule has 0 saturated heterocycles. The fourth-order valence-corrected chi connectivity index (χ4v) is 4.18. The van der Waals surface area contributed by atoms with Gasteiger partial charge in [-0.15, -0.1) is 0 Å². The summed E-state index contributed by atoms with van der Waals surface area (Å²) >= 11 is 0. The molecule has 0 bridgehead atoms. The van der Waals surface area contributed by atoms with Crippen molar-refractivity contribution >= 4 is 10.8 Å². The van der Waals surface area contributed by atoms with Gasteiger partial charge < -0.3 is 19.9 Å². The molecule has 0 saturated carbocycles. The van der Waals surface area contributed by atoms with E-state index in [4.69, 9.17) is 19.9 Å². The van der Waals surface area contributed by atoms with Crippen molar-refractivity contribution in [3.05, 3.63) is 77.9 Å². The molecule has 29 heavy (non-hydrogen) atoms. The molecule has 0 spiro atoms. The van der Waals surface area contributed by atoms with Crippen LogP contribution in [0.5, 0.6) is 5.75 Å². The van der Waals surface area contributed by atoms with Crippen LogP contribution >= 0.6 is 0 Å². The fraction of sp³-hybridized carbons (Fsp3) is 0.292. The van der Waals surface area contributed by atoms with Gasteiger partial charge in [-0.25, -0.2) is 0 Å². The highest BCUT2D eigenvalue weighted by molar-refractivity contribution is 5.90. The Morgan fingerprint density at radius 1 is 0.966 bits per heavy atom. The molecule has 0 fully saturated rings. The Morgan fingerprint density at radius 2 is 1.62 bits per heavy atom. The average molecular weight is 388 g/mol. The zero-order valence-electron chi connectivity index (χ0n) is 16.6. The third kappa shape index (κ3) is 2.89. The van der Waals surface area contributed by atoms with Gasteiger partial charge in [0.05, 0.1) is 25.2 Å². The van der Waals surface area contributed by atoms with E-state index in [-0.39, 0.29) is 13.2 Å². The fourth-order valence-electron chi connectivity index (χ4n) is 4.18. The van der Waals surface area contributed by atoms with E-state index in [1.165, 1.54) is 0 Å². The van der Waals surface area contributed by atoms with E-state index < -0.39 is 17.4 Å². The molecule has 1 heterocycles. The smallest absolute Gasteiger partial charge is 0.361 e. The molecule has 3 aromatic rings. The Morgan fingerprint density at radius 3 is 2.28 bits per heavy atom. The van der Waals surface area contributed by atoms with Gasteiger partial charge in [-0.3, -0.25) is 0 Å². The van der Waals surface area contributed by atoms with Crippen molar-refractivity contribution in [1.82, 2.24) is 0 Å². The van der Waals surface area contributed by atoms with Crippen LogP contribution in [-0.4, -0.2) is 24.7 Å². The largest absolute Gasteiger partial charge is 0.436 e. The van der Waals surface area contributed by atoms with Gasteiger partial charge in [0.25, 0.3) is 0 Å². The lowest BCUT2D eigenvalue weighted by atomic mass is 9.72. The summed E-state index contributed by atoms with van der Waals surface area (Å²) in [6.45, 7) is 4.22. The van der Waals surface area contributed by atoms with Crippen molar-refractivity contribution in [2.45, 2.75) is 31.3 Å². The molecule has 0 aliphatic carbocycles. The maximum absolute atomic E-state index is 10.3. The monoisotopic (exact) mass is 388 g/mol. The number of benzene rings is 3. The van der Waals surface area contributed by atoms with E-state index in [0.717, 1.165) is 21.9 Å². The van der Waals surface area contributed by atoms with Crippen LogP contribution in [0.2, 0.25) is 0 Å². The first-order valence-electron chi connectivity index (χ1n) is 9.84. The highest BCUT2D eigenvalue weighted by Crippen LogP contribution is 2.52. The second kappa shape index (κ2) is 7.49. The molecule has 0 aromatic heterocycles. The van der Waals surface area contributed by atoms with Crippen LogP contribution in [0.25, 0.3) is 10.8 Å². The zero-order valence-corrected chi connectivity index (χ0v) is 16.6. The third-order valence-corrected chi connectivity index (χ3v) is 5.41. The van der Waals surface area contributed by atoms with Gasteiger partial charge in [0.2, 0.25) is 5.54 Å². The van der Waals surface area contributed by atoms with E-state index in [1.807, 2.05) is 80.6 Å². The maximum atomic E-state index is 10.3. The van der Waals surface area contributed by atoms with Crippen molar-refractivity contribution in [2.24, 2.45) is 5.73 Å². The van der Waals surface area contributed by atoms with Crippen LogP contribution < -0.4 is 10.5 Å². The molecule has 2 N–H and O–H groups in total. The van der Waals surface area contributed by atoms with Gasteiger partial charge in [0.15, 0.2) is 0 Å². The average Bonchev–Trinajstić information content (AvgIpc) is 2.75. The van der Waals surface area contributed by atoms with Crippen LogP contribution in [0.4, 0.5) is 0 Å². The first kappa shape index (κ1) is 19.4. The van der Waals surface area contributed by atoms with Gasteiger partial charge in [0.1, 0.15) is 5.75 Å². The SMILES string of the molecule is CCOC1(OCC)Oc2c(ccc3ccccc23)[C@H](c2ccccc2)[C@@]1(N)C#N. The minimum absolute atomic E-state index is 0.280. The summed E-state index contributed by atoms with van der Waals surface area (Å²) in [4.78, 5) is 0. The number of hydrogen-bond acceptors (Lipinski definition) is 5. The number of hydrogen-bond donors (Lipinski definition) is 1. The first-order chi connectivity index (χ1) is 14.1. The topological polar surface area (TPSA) is 77.5 Å². The summed E-state index contributed by atoms with van der Waals surface area (Å²) in [5.41, 5.74) is 6.95. The number of ether oxygens (including phenoxy) is 3. The van der Waals surface area contributed by atoms with E-state index in [1.54, 1.807) is 0 Å². The van der Waals surface area contributed by atoms with Gasteiger partial charge in [-0.1, -0.05) is 66.7 Å². The lowest BCUT2D eigenvalue weighted by Crippen LogP contribution is -2.70. The number of rotatable bonds is 5.